The van der Waals surface area contributed by atoms with E-state index in [0.717, 1.165) is 12.1 Å². The molecule has 0 aromatic carbocycles. The number of H-pyrrole nitrogens is 1. The first-order chi connectivity index (χ1) is 4.83. The maximum absolute atomic E-state index is 8.70. The monoisotopic (exact) mass is 140 g/mol. The molecule has 0 aliphatic heterocycles. The number of aromatic amines is 1. The summed E-state index contributed by atoms with van der Waals surface area (Å²) in [6.07, 6.45) is 4.31. The first-order valence-electron chi connectivity index (χ1n) is 3.41. The highest BCUT2D eigenvalue weighted by Crippen LogP contribution is 2.02. The highest BCUT2D eigenvalue weighted by molar-refractivity contribution is 4.94. The van der Waals surface area contributed by atoms with Gasteiger partial charge in [-0.05, 0) is 12.3 Å². The van der Waals surface area contributed by atoms with Crippen molar-refractivity contribution in [2.24, 2.45) is 5.92 Å². The van der Waals surface area contributed by atoms with Crippen LogP contribution in [0.25, 0.3) is 0 Å². The van der Waals surface area contributed by atoms with Crippen molar-refractivity contribution in [1.82, 2.24) is 9.97 Å². The lowest BCUT2D eigenvalue weighted by atomic mass is 10.1. The predicted molar refractivity (Wildman–Crippen MR) is 38.5 cm³/mol. The molecule has 10 heavy (non-hydrogen) atoms. The van der Waals surface area contributed by atoms with Crippen LogP contribution in [0.2, 0.25) is 0 Å². The van der Waals surface area contributed by atoms with E-state index in [0.29, 0.717) is 5.92 Å². The van der Waals surface area contributed by atoms with Crippen LogP contribution in [-0.4, -0.2) is 21.7 Å². The lowest BCUT2D eigenvalue weighted by molar-refractivity contribution is 0.236. The topological polar surface area (TPSA) is 48.9 Å². The number of hydrogen-bond acceptors (Lipinski definition) is 2. The molecule has 1 heterocycles. The van der Waals surface area contributed by atoms with Crippen LogP contribution >= 0.6 is 0 Å². The Morgan fingerprint density at radius 1 is 1.80 bits per heavy atom. The molecule has 0 radical (unpaired) electrons. The van der Waals surface area contributed by atoms with E-state index in [1.165, 1.54) is 0 Å². The first kappa shape index (κ1) is 7.28. The summed E-state index contributed by atoms with van der Waals surface area (Å²) in [5, 5.41) is 8.70. The van der Waals surface area contributed by atoms with Crippen molar-refractivity contribution >= 4 is 0 Å². The minimum absolute atomic E-state index is 0.235. The van der Waals surface area contributed by atoms with Gasteiger partial charge in [0.15, 0.2) is 0 Å². The van der Waals surface area contributed by atoms with Gasteiger partial charge in [-0.1, -0.05) is 6.92 Å². The lowest BCUT2D eigenvalue weighted by Gasteiger charge is -2.03. The predicted octanol–water partition coefficient (Wildman–Crippen LogP) is 0.581. The highest BCUT2D eigenvalue weighted by atomic mass is 16.3. The van der Waals surface area contributed by atoms with E-state index in [2.05, 4.69) is 9.97 Å². The van der Waals surface area contributed by atoms with Crippen LogP contribution in [0.1, 0.15) is 12.6 Å². The standard InChI is InChI=1S/C7H12N2O/c1-6(4-10)2-7-3-8-5-9-7/h3,5-6,10H,2,4H2,1H3,(H,8,9)/t6-/m0/s1. The second-order valence-corrected chi connectivity index (χ2v) is 2.57. The highest BCUT2D eigenvalue weighted by Gasteiger charge is 2.01. The average Bonchev–Trinajstić information content (AvgIpc) is 2.40. The Morgan fingerprint density at radius 2 is 2.60 bits per heavy atom. The van der Waals surface area contributed by atoms with Crippen molar-refractivity contribution in [2.45, 2.75) is 13.3 Å². The van der Waals surface area contributed by atoms with Crippen LogP contribution in [-0.2, 0) is 6.42 Å². The third kappa shape index (κ3) is 1.84. The maximum atomic E-state index is 8.70. The average molecular weight is 140 g/mol. The van der Waals surface area contributed by atoms with E-state index in [1.54, 1.807) is 12.5 Å². The van der Waals surface area contributed by atoms with Gasteiger partial charge in [0.2, 0.25) is 0 Å². The van der Waals surface area contributed by atoms with Crippen LogP contribution in [0.4, 0.5) is 0 Å². The van der Waals surface area contributed by atoms with Crippen LogP contribution in [0.15, 0.2) is 12.5 Å². The summed E-state index contributed by atoms with van der Waals surface area (Å²) in [6, 6.07) is 0. The van der Waals surface area contributed by atoms with Gasteiger partial charge in [-0.15, -0.1) is 0 Å². The second-order valence-electron chi connectivity index (χ2n) is 2.57. The fraction of sp³-hybridized carbons (Fsp3) is 0.571. The van der Waals surface area contributed by atoms with E-state index in [9.17, 15) is 0 Å². The van der Waals surface area contributed by atoms with E-state index in [-0.39, 0.29) is 6.61 Å². The summed E-state index contributed by atoms with van der Waals surface area (Å²) in [5.41, 5.74) is 1.08. The van der Waals surface area contributed by atoms with E-state index >= 15 is 0 Å². The number of nitrogens with one attached hydrogen (secondary N) is 1. The number of nitrogens with zero attached hydrogens (tertiary/aromatic N) is 1. The summed E-state index contributed by atoms with van der Waals surface area (Å²) in [6.45, 7) is 2.24. The van der Waals surface area contributed by atoms with Gasteiger partial charge in [-0.2, -0.15) is 0 Å². The Hall–Kier alpha value is -0.830. The molecular formula is C7H12N2O. The number of aromatic nitrogens is 2. The Balaban J connectivity index is 2.40. The molecule has 0 saturated heterocycles. The number of imidazole rings is 1. The zero-order valence-corrected chi connectivity index (χ0v) is 6.04. The molecule has 0 amide bonds. The van der Waals surface area contributed by atoms with Crippen molar-refractivity contribution in [1.29, 1.82) is 0 Å². The summed E-state index contributed by atoms with van der Waals surface area (Å²) < 4.78 is 0. The molecule has 0 bridgehead atoms. The van der Waals surface area contributed by atoms with Gasteiger partial charge in [0.05, 0.1) is 6.33 Å². The summed E-state index contributed by atoms with van der Waals surface area (Å²) in [4.78, 5) is 6.85. The van der Waals surface area contributed by atoms with Gasteiger partial charge < -0.3 is 10.1 Å². The number of hydrogen-bond donors (Lipinski definition) is 2. The molecule has 1 aromatic rings. The van der Waals surface area contributed by atoms with Gasteiger partial charge in [0, 0.05) is 18.5 Å². The van der Waals surface area contributed by atoms with E-state index < -0.39 is 0 Å². The molecule has 56 valence electrons. The largest absolute Gasteiger partial charge is 0.396 e. The van der Waals surface area contributed by atoms with Crippen LogP contribution < -0.4 is 0 Å². The zero-order chi connectivity index (χ0) is 7.40. The fourth-order valence-corrected chi connectivity index (χ4v) is 0.836. The Kier molecular flexibility index (Phi) is 2.45. The second kappa shape index (κ2) is 3.37. The lowest BCUT2D eigenvalue weighted by Crippen LogP contribution is -2.04. The quantitative estimate of drug-likeness (QED) is 0.645. The normalized spacial score (nSPS) is 13.4. The molecule has 0 aliphatic rings. The molecule has 0 spiro atoms. The molecule has 1 aromatic heterocycles. The number of rotatable bonds is 3. The van der Waals surface area contributed by atoms with Gasteiger partial charge in [0.1, 0.15) is 0 Å². The molecule has 1 rings (SSSR count). The third-order valence-corrected chi connectivity index (χ3v) is 1.43. The van der Waals surface area contributed by atoms with E-state index in [1.807, 2.05) is 6.92 Å². The minimum atomic E-state index is 0.235. The number of aliphatic hydroxyl groups is 1. The van der Waals surface area contributed by atoms with Crippen molar-refractivity contribution in [3.63, 3.8) is 0 Å². The van der Waals surface area contributed by atoms with Gasteiger partial charge >= 0.3 is 0 Å². The molecule has 1 atom stereocenters. The smallest absolute Gasteiger partial charge is 0.0921 e. The molecule has 0 aliphatic carbocycles. The Morgan fingerprint density at radius 3 is 3.10 bits per heavy atom. The molecule has 0 unspecified atom stereocenters. The fourth-order valence-electron chi connectivity index (χ4n) is 0.836. The summed E-state index contributed by atoms with van der Waals surface area (Å²) in [7, 11) is 0. The molecule has 3 nitrogen and oxygen atoms in total. The molecule has 3 heteroatoms. The third-order valence-electron chi connectivity index (χ3n) is 1.43. The SMILES string of the molecule is C[C@H](CO)Cc1cnc[nH]1. The van der Waals surface area contributed by atoms with Gasteiger partial charge in [-0.25, -0.2) is 4.98 Å². The van der Waals surface area contributed by atoms with E-state index in [4.69, 9.17) is 5.11 Å². The van der Waals surface area contributed by atoms with Crippen molar-refractivity contribution in [3.05, 3.63) is 18.2 Å². The van der Waals surface area contributed by atoms with Crippen molar-refractivity contribution < 1.29 is 5.11 Å². The van der Waals surface area contributed by atoms with Crippen LogP contribution in [0.5, 0.6) is 0 Å². The maximum Gasteiger partial charge on any atom is 0.0921 e. The Labute approximate surface area is 60.1 Å². The first-order valence-corrected chi connectivity index (χ1v) is 3.41. The summed E-state index contributed by atoms with van der Waals surface area (Å²) in [5.74, 6) is 0.320. The van der Waals surface area contributed by atoms with Crippen molar-refractivity contribution in [3.8, 4) is 0 Å². The molecular weight excluding hydrogens is 128 g/mol. The molecule has 2 N–H and O–H groups in total. The van der Waals surface area contributed by atoms with Crippen molar-refractivity contribution in [2.75, 3.05) is 6.61 Å². The minimum Gasteiger partial charge on any atom is -0.396 e. The molecule has 0 fully saturated rings. The Bertz CT molecular complexity index is 172. The summed E-state index contributed by atoms with van der Waals surface area (Å²) >= 11 is 0. The van der Waals surface area contributed by atoms with Crippen LogP contribution in [0.3, 0.4) is 0 Å². The zero-order valence-electron chi connectivity index (χ0n) is 6.04. The number of aliphatic hydroxyl groups excluding tert-OH is 1. The van der Waals surface area contributed by atoms with Gasteiger partial charge in [0.25, 0.3) is 0 Å². The van der Waals surface area contributed by atoms with Gasteiger partial charge in [-0.3, -0.25) is 0 Å². The van der Waals surface area contributed by atoms with Crippen LogP contribution in [0, 0.1) is 5.92 Å². The molecule has 0 saturated carbocycles.